The number of benzene rings is 2. The molecule has 1 heterocycles. The van der Waals surface area contributed by atoms with Crippen LogP contribution in [0.4, 0.5) is 17.1 Å². The molecule has 35 heavy (non-hydrogen) atoms. The molecule has 1 saturated carbocycles. The van der Waals surface area contributed by atoms with Crippen molar-refractivity contribution >= 4 is 28.9 Å². The molecule has 3 atom stereocenters. The standard InChI is InChI=1S/C25H30N4O6/c1-15-4-3-5-20(16(15)2)26-14-24(30)28-21-8-7-18(29(32)33)13-19(21)25(31)27-17-6-9-22-23(12-17)35-11-10-34-22/h6-9,12-13,15-16,20,26H,3-5,10-11,14H2,1-2H3,(H,27,31)(H,28,30)/t15-,16-,20+/m1/s1. The minimum absolute atomic E-state index is 0.0119. The Kier molecular flexibility index (Phi) is 7.50. The van der Waals surface area contributed by atoms with Crippen molar-refractivity contribution in [1.82, 2.24) is 5.32 Å². The van der Waals surface area contributed by atoms with Crippen molar-refractivity contribution in [1.29, 1.82) is 0 Å². The second-order valence-corrected chi connectivity index (χ2v) is 9.10. The molecule has 1 aliphatic heterocycles. The smallest absolute Gasteiger partial charge is 0.270 e. The molecular formula is C25H30N4O6. The summed E-state index contributed by atoms with van der Waals surface area (Å²) in [5.74, 6) is 1.21. The maximum atomic E-state index is 13.1. The van der Waals surface area contributed by atoms with Crippen LogP contribution in [0.5, 0.6) is 11.5 Å². The third kappa shape index (κ3) is 5.89. The topological polar surface area (TPSA) is 132 Å². The molecule has 2 amide bonds. The van der Waals surface area contributed by atoms with Gasteiger partial charge in [0.1, 0.15) is 13.2 Å². The van der Waals surface area contributed by atoms with Crippen molar-refractivity contribution in [2.24, 2.45) is 11.8 Å². The van der Waals surface area contributed by atoms with E-state index < -0.39 is 10.8 Å². The molecular weight excluding hydrogens is 452 g/mol. The maximum absolute atomic E-state index is 13.1. The minimum Gasteiger partial charge on any atom is -0.486 e. The first-order valence-electron chi connectivity index (χ1n) is 11.8. The van der Waals surface area contributed by atoms with E-state index in [4.69, 9.17) is 9.47 Å². The van der Waals surface area contributed by atoms with Gasteiger partial charge in [0.2, 0.25) is 5.91 Å². The lowest BCUT2D eigenvalue weighted by atomic mass is 9.78. The molecule has 10 heteroatoms. The van der Waals surface area contributed by atoms with Gasteiger partial charge < -0.3 is 25.4 Å². The SMILES string of the molecule is C[C@@H]1[C@H](C)CCC[C@@H]1NCC(=O)Nc1ccc([N+](=O)[O-])cc1C(=O)Nc1ccc2c(c1)OCCO2. The number of fused-ring (bicyclic) bond motifs is 1. The lowest BCUT2D eigenvalue weighted by molar-refractivity contribution is -0.384. The van der Waals surface area contributed by atoms with E-state index in [1.807, 2.05) is 0 Å². The summed E-state index contributed by atoms with van der Waals surface area (Å²) in [6, 6.07) is 8.99. The molecule has 0 unspecified atom stereocenters. The highest BCUT2D eigenvalue weighted by atomic mass is 16.6. The van der Waals surface area contributed by atoms with Crippen LogP contribution in [0, 0.1) is 22.0 Å². The third-order valence-electron chi connectivity index (χ3n) is 6.76. The van der Waals surface area contributed by atoms with Gasteiger partial charge in [0, 0.05) is 29.9 Å². The first-order chi connectivity index (χ1) is 16.8. The number of carbonyl (C=O) groups excluding carboxylic acids is 2. The Balaban J connectivity index is 1.47. The van der Waals surface area contributed by atoms with E-state index in [1.54, 1.807) is 18.2 Å². The molecule has 2 aromatic rings. The van der Waals surface area contributed by atoms with Gasteiger partial charge in [-0.3, -0.25) is 19.7 Å². The van der Waals surface area contributed by atoms with Gasteiger partial charge in [-0.1, -0.05) is 26.7 Å². The average molecular weight is 483 g/mol. The van der Waals surface area contributed by atoms with Gasteiger partial charge in [0.05, 0.1) is 22.7 Å². The number of ether oxygens (including phenoxy) is 2. The van der Waals surface area contributed by atoms with Crippen LogP contribution in [0.15, 0.2) is 36.4 Å². The van der Waals surface area contributed by atoms with E-state index >= 15 is 0 Å². The maximum Gasteiger partial charge on any atom is 0.270 e. The zero-order valence-electron chi connectivity index (χ0n) is 19.8. The van der Waals surface area contributed by atoms with Crippen LogP contribution in [0.25, 0.3) is 0 Å². The van der Waals surface area contributed by atoms with Gasteiger partial charge in [-0.25, -0.2) is 0 Å². The van der Waals surface area contributed by atoms with Crippen LogP contribution >= 0.6 is 0 Å². The number of anilines is 2. The largest absolute Gasteiger partial charge is 0.486 e. The van der Waals surface area contributed by atoms with Gasteiger partial charge >= 0.3 is 0 Å². The van der Waals surface area contributed by atoms with Gasteiger partial charge in [0.25, 0.3) is 11.6 Å². The normalized spacial score (nSPS) is 21.1. The summed E-state index contributed by atoms with van der Waals surface area (Å²) < 4.78 is 11.0. The van der Waals surface area contributed by atoms with Gasteiger partial charge in [-0.2, -0.15) is 0 Å². The predicted molar refractivity (Wildman–Crippen MR) is 131 cm³/mol. The zero-order chi connectivity index (χ0) is 24.9. The van der Waals surface area contributed by atoms with Gasteiger partial charge in [-0.15, -0.1) is 0 Å². The summed E-state index contributed by atoms with van der Waals surface area (Å²) in [6.07, 6.45) is 3.33. The van der Waals surface area contributed by atoms with Crippen molar-refractivity contribution in [3.05, 3.63) is 52.1 Å². The monoisotopic (exact) mass is 482 g/mol. The Hall–Kier alpha value is -3.66. The van der Waals surface area contributed by atoms with Gasteiger partial charge in [-0.05, 0) is 36.5 Å². The summed E-state index contributed by atoms with van der Waals surface area (Å²) in [6.45, 7) is 5.35. The number of hydrogen-bond donors (Lipinski definition) is 3. The molecule has 0 aromatic heterocycles. The molecule has 0 radical (unpaired) electrons. The average Bonchev–Trinajstić information content (AvgIpc) is 2.85. The van der Waals surface area contributed by atoms with Crippen LogP contribution in [0.1, 0.15) is 43.5 Å². The highest BCUT2D eigenvalue weighted by Crippen LogP contribution is 2.33. The van der Waals surface area contributed by atoms with Crippen molar-refractivity contribution in [2.75, 3.05) is 30.4 Å². The molecule has 0 bridgehead atoms. The van der Waals surface area contributed by atoms with Gasteiger partial charge in [0.15, 0.2) is 11.5 Å². The van der Waals surface area contributed by atoms with Crippen molar-refractivity contribution in [3.8, 4) is 11.5 Å². The fourth-order valence-electron chi connectivity index (χ4n) is 4.55. The van der Waals surface area contributed by atoms with E-state index in [1.165, 1.54) is 18.6 Å². The number of carbonyl (C=O) groups is 2. The van der Waals surface area contributed by atoms with Crippen LogP contribution in [-0.4, -0.2) is 42.5 Å². The number of rotatable bonds is 7. The Bertz CT molecular complexity index is 1120. The number of non-ortho nitro benzene ring substituents is 1. The Labute approximate surface area is 203 Å². The van der Waals surface area contributed by atoms with E-state index in [2.05, 4.69) is 29.8 Å². The second kappa shape index (κ2) is 10.7. The van der Waals surface area contributed by atoms with Crippen LogP contribution < -0.4 is 25.4 Å². The molecule has 0 saturated heterocycles. The first-order valence-corrected chi connectivity index (χ1v) is 11.8. The fraction of sp³-hybridized carbons (Fsp3) is 0.440. The number of amides is 2. The predicted octanol–water partition coefficient (Wildman–Crippen LogP) is 3.97. The lowest BCUT2D eigenvalue weighted by Gasteiger charge is -2.34. The number of nitro groups is 1. The molecule has 0 spiro atoms. The number of nitrogens with one attached hydrogen (secondary N) is 3. The summed E-state index contributed by atoms with van der Waals surface area (Å²) >= 11 is 0. The molecule has 2 aromatic carbocycles. The summed E-state index contributed by atoms with van der Waals surface area (Å²) in [7, 11) is 0. The Morgan fingerprint density at radius 3 is 2.57 bits per heavy atom. The number of nitrogens with zero attached hydrogens (tertiary/aromatic N) is 1. The molecule has 1 aliphatic carbocycles. The Morgan fingerprint density at radius 1 is 1.03 bits per heavy atom. The molecule has 1 fully saturated rings. The summed E-state index contributed by atoms with van der Waals surface area (Å²) in [5.41, 5.74) is 0.369. The number of hydrogen-bond acceptors (Lipinski definition) is 7. The first kappa shape index (κ1) is 24.5. The highest BCUT2D eigenvalue weighted by Gasteiger charge is 2.27. The summed E-state index contributed by atoms with van der Waals surface area (Å²) in [5, 5.41) is 20.1. The van der Waals surface area contributed by atoms with Crippen LogP contribution in [0.2, 0.25) is 0 Å². The van der Waals surface area contributed by atoms with Crippen LogP contribution in [0.3, 0.4) is 0 Å². The molecule has 2 aliphatic rings. The van der Waals surface area contributed by atoms with Crippen molar-refractivity contribution < 1.29 is 24.0 Å². The third-order valence-corrected chi connectivity index (χ3v) is 6.76. The van der Waals surface area contributed by atoms with E-state index in [0.29, 0.717) is 42.2 Å². The second-order valence-electron chi connectivity index (χ2n) is 9.10. The molecule has 3 N–H and O–H groups in total. The van der Waals surface area contributed by atoms with E-state index in [-0.39, 0.29) is 35.4 Å². The Morgan fingerprint density at radius 2 is 1.80 bits per heavy atom. The van der Waals surface area contributed by atoms with Crippen molar-refractivity contribution in [2.45, 2.75) is 39.2 Å². The number of nitro benzene ring substituents is 1. The zero-order valence-corrected chi connectivity index (χ0v) is 19.8. The molecule has 4 rings (SSSR count). The van der Waals surface area contributed by atoms with Crippen molar-refractivity contribution in [3.63, 3.8) is 0 Å². The molecule has 10 nitrogen and oxygen atoms in total. The van der Waals surface area contributed by atoms with E-state index in [0.717, 1.165) is 18.9 Å². The fourth-order valence-corrected chi connectivity index (χ4v) is 4.55. The highest BCUT2D eigenvalue weighted by molar-refractivity contribution is 6.10. The molecule has 186 valence electrons. The lowest BCUT2D eigenvalue weighted by Crippen LogP contribution is -2.43. The van der Waals surface area contributed by atoms with Crippen LogP contribution in [-0.2, 0) is 4.79 Å². The quantitative estimate of drug-likeness (QED) is 0.402. The van der Waals surface area contributed by atoms with E-state index in [9.17, 15) is 19.7 Å². The summed E-state index contributed by atoms with van der Waals surface area (Å²) in [4.78, 5) is 36.5. The minimum atomic E-state index is -0.594.